The summed E-state index contributed by atoms with van der Waals surface area (Å²) in [6.07, 6.45) is 3.77. The number of halogens is 1. The van der Waals surface area contributed by atoms with Crippen LogP contribution in [0.25, 0.3) is 0 Å². The molecule has 1 unspecified atom stereocenters. The van der Waals surface area contributed by atoms with Crippen molar-refractivity contribution in [1.29, 1.82) is 0 Å². The Bertz CT molecular complexity index is 513. The molecule has 1 aliphatic rings. The molecule has 1 aliphatic heterocycles. The number of sulfonamides is 1. The summed E-state index contributed by atoms with van der Waals surface area (Å²) in [5.74, 6) is 0. The van der Waals surface area contributed by atoms with E-state index in [4.69, 9.17) is 11.6 Å². The highest BCUT2D eigenvalue weighted by Gasteiger charge is 2.29. The molecule has 0 amide bonds. The van der Waals surface area contributed by atoms with Gasteiger partial charge in [-0.1, -0.05) is 25.5 Å². The molecule has 1 aromatic carbocycles. The van der Waals surface area contributed by atoms with Gasteiger partial charge < -0.3 is 0 Å². The van der Waals surface area contributed by atoms with Crippen LogP contribution in [0.3, 0.4) is 0 Å². The fourth-order valence-corrected chi connectivity index (χ4v) is 4.30. The summed E-state index contributed by atoms with van der Waals surface area (Å²) in [5, 5.41) is -0.0668. The lowest BCUT2D eigenvalue weighted by Gasteiger charge is -2.28. The monoisotopic (exact) mass is 301 g/mol. The van der Waals surface area contributed by atoms with E-state index >= 15 is 0 Å². The van der Waals surface area contributed by atoms with Crippen LogP contribution in [-0.2, 0) is 16.4 Å². The van der Waals surface area contributed by atoms with E-state index in [0.29, 0.717) is 18.0 Å². The van der Waals surface area contributed by atoms with Crippen LogP contribution in [0.5, 0.6) is 0 Å². The predicted molar refractivity (Wildman–Crippen MR) is 78.1 cm³/mol. The minimum Gasteiger partial charge on any atom is -0.207 e. The van der Waals surface area contributed by atoms with Gasteiger partial charge in [0.2, 0.25) is 10.0 Å². The third-order valence-electron chi connectivity index (χ3n) is 3.43. The van der Waals surface area contributed by atoms with Gasteiger partial charge >= 0.3 is 0 Å². The van der Waals surface area contributed by atoms with Gasteiger partial charge in [-0.15, -0.1) is 11.6 Å². The molecule has 2 rings (SSSR count). The molecule has 1 aromatic rings. The molecule has 19 heavy (non-hydrogen) atoms. The molecule has 0 radical (unpaired) electrons. The molecule has 106 valence electrons. The van der Waals surface area contributed by atoms with Crippen LogP contribution >= 0.6 is 11.6 Å². The molecular formula is C14H20ClNO2S. The maximum absolute atomic E-state index is 12.5. The van der Waals surface area contributed by atoms with E-state index in [1.807, 2.05) is 12.1 Å². The standard InChI is InChI=1S/C14H20ClNO2S/c1-2-4-12-6-8-14(9-7-12)19(17,18)16-10-3-5-13(15)11-16/h6-9,13H,2-5,10-11H2,1H3. The molecule has 0 spiro atoms. The van der Waals surface area contributed by atoms with E-state index in [0.717, 1.165) is 25.7 Å². The van der Waals surface area contributed by atoms with Gasteiger partial charge in [0.05, 0.1) is 4.90 Å². The average molecular weight is 302 g/mol. The second-order valence-electron chi connectivity index (χ2n) is 5.00. The second-order valence-corrected chi connectivity index (χ2v) is 7.55. The second kappa shape index (κ2) is 6.25. The maximum atomic E-state index is 12.5. The van der Waals surface area contributed by atoms with E-state index in [1.54, 1.807) is 12.1 Å². The molecule has 0 bridgehead atoms. The Kier molecular flexibility index (Phi) is 4.87. The van der Waals surface area contributed by atoms with Gasteiger partial charge in [0.25, 0.3) is 0 Å². The number of rotatable bonds is 4. The normalized spacial score (nSPS) is 21.5. The highest BCUT2D eigenvalue weighted by atomic mass is 35.5. The van der Waals surface area contributed by atoms with Crippen LogP contribution in [0.15, 0.2) is 29.2 Å². The van der Waals surface area contributed by atoms with Gasteiger partial charge in [-0.3, -0.25) is 0 Å². The van der Waals surface area contributed by atoms with E-state index in [-0.39, 0.29) is 5.38 Å². The van der Waals surface area contributed by atoms with Crippen LogP contribution in [-0.4, -0.2) is 31.2 Å². The fraction of sp³-hybridized carbons (Fsp3) is 0.571. The Labute approximate surface area is 120 Å². The topological polar surface area (TPSA) is 37.4 Å². The molecule has 0 N–H and O–H groups in total. The number of piperidine rings is 1. The molecule has 5 heteroatoms. The molecule has 1 saturated heterocycles. The van der Waals surface area contributed by atoms with Crippen LogP contribution in [0, 0.1) is 0 Å². The number of alkyl halides is 1. The Balaban J connectivity index is 2.18. The summed E-state index contributed by atoms with van der Waals surface area (Å²) in [6.45, 7) is 3.10. The lowest BCUT2D eigenvalue weighted by Crippen LogP contribution is -2.40. The Morgan fingerprint density at radius 2 is 2.00 bits per heavy atom. The van der Waals surface area contributed by atoms with Crippen molar-refractivity contribution in [2.24, 2.45) is 0 Å². The third-order valence-corrected chi connectivity index (χ3v) is 5.66. The van der Waals surface area contributed by atoms with Gasteiger partial charge in [-0.05, 0) is 37.0 Å². The first-order chi connectivity index (χ1) is 9.04. The first-order valence-corrected chi connectivity index (χ1v) is 8.65. The average Bonchev–Trinajstić information content (AvgIpc) is 2.40. The summed E-state index contributed by atoms with van der Waals surface area (Å²) >= 11 is 6.07. The van der Waals surface area contributed by atoms with Gasteiger partial charge in [0.15, 0.2) is 0 Å². The minimum absolute atomic E-state index is 0.0668. The molecule has 3 nitrogen and oxygen atoms in total. The molecule has 0 aromatic heterocycles. The molecule has 1 atom stereocenters. The highest BCUT2D eigenvalue weighted by Crippen LogP contribution is 2.23. The van der Waals surface area contributed by atoms with E-state index in [9.17, 15) is 8.42 Å². The van der Waals surface area contributed by atoms with Crippen molar-refractivity contribution in [3.63, 3.8) is 0 Å². The molecule has 1 heterocycles. The van der Waals surface area contributed by atoms with Crippen molar-refractivity contribution >= 4 is 21.6 Å². The highest BCUT2D eigenvalue weighted by molar-refractivity contribution is 7.89. The van der Waals surface area contributed by atoms with Crippen molar-refractivity contribution in [3.8, 4) is 0 Å². The lowest BCUT2D eigenvalue weighted by molar-refractivity contribution is 0.350. The largest absolute Gasteiger partial charge is 0.243 e. The van der Waals surface area contributed by atoms with Gasteiger partial charge in [0, 0.05) is 18.5 Å². The third kappa shape index (κ3) is 3.50. The number of hydrogen-bond donors (Lipinski definition) is 0. The summed E-state index contributed by atoms with van der Waals surface area (Å²) in [5.41, 5.74) is 1.18. The summed E-state index contributed by atoms with van der Waals surface area (Å²) in [7, 11) is -3.38. The van der Waals surface area contributed by atoms with Crippen LogP contribution in [0.1, 0.15) is 31.7 Å². The van der Waals surface area contributed by atoms with Gasteiger partial charge in [0.1, 0.15) is 0 Å². The van der Waals surface area contributed by atoms with E-state index < -0.39 is 10.0 Å². The van der Waals surface area contributed by atoms with Crippen LogP contribution < -0.4 is 0 Å². The van der Waals surface area contributed by atoms with Crippen molar-refractivity contribution < 1.29 is 8.42 Å². The quantitative estimate of drug-likeness (QED) is 0.802. The zero-order valence-corrected chi connectivity index (χ0v) is 12.8. The molecule has 0 aliphatic carbocycles. The molecular weight excluding hydrogens is 282 g/mol. The number of aryl methyl sites for hydroxylation is 1. The Morgan fingerprint density at radius 1 is 1.32 bits per heavy atom. The van der Waals surface area contributed by atoms with Crippen LogP contribution in [0.4, 0.5) is 0 Å². The first-order valence-electron chi connectivity index (χ1n) is 6.77. The van der Waals surface area contributed by atoms with Crippen molar-refractivity contribution in [1.82, 2.24) is 4.31 Å². The lowest BCUT2D eigenvalue weighted by atomic mass is 10.1. The zero-order valence-electron chi connectivity index (χ0n) is 11.2. The molecule has 0 saturated carbocycles. The van der Waals surface area contributed by atoms with Crippen molar-refractivity contribution in [3.05, 3.63) is 29.8 Å². The summed E-state index contributed by atoms with van der Waals surface area (Å²) in [6, 6.07) is 7.22. The van der Waals surface area contributed by atoms with Crippen molar-refractivity contribution in [2.75, 3.05) is 13.1 Å². The SMILES string of the molecule is CCCc1ccc(S(=O)(=O)N2CCCC(Cl)C2)cc1. The Hall–Kier alpha value is -0.580. The van der Waals surface area contributed by atoms with E-state index in [2.05, 4.69) is 6.92 Å². The van der Waals surface area contributed by atoms with E-state index in [1.165, 1.54) is 9.87 Å². The van der Waals surface area contributed by atoms with Crippen LogP contribution in [0.2, 0.25) is 0 Å². The zero-order chi connectivity index (χ0) is 13.9. The Morgan fingerprint density at radius 3 is 2.58 bits per heavy atom. The number of nitrogens with zero attached hydrogens (tertiary/aromatic N) is 1. The van der Waals surface area contributed by atoms with Gasteiger partial charge in [-0.25, -0.2) is 8.42 Å². The number of benzene rings is 1. The minimum atomic E-state index is -3.38. The smallest absolute Gasteiger partial charge is 0.207 e. The maximum Gasteiger partial charge on any atom is 0.243 e. The summed E-state index contributed by atoms with van der Waals surface area (Å²) < 4.78 is 26.4. The summed E-state index contributed by atoms with van der Waals surface area (Å²) in [4.78, 5) is 0.373. The first kappa shape index (κ1) is 14.8. The van der Waals surface area contributed by atoms with Crippen molar-refractivity contribution in [2.45, 2.75) is 42.9 Å². The van der Waals surface area contributed by atoms with Gasteiger partial charge in [-0.2, -0.15) is 4.31 Å². The molecule has 1 fully saturated rings. The number of hydrogen-bond acceptors (Lipinski definition) is 2. The predicted octanol–water partition coefficient (Wildman–Crippen LogP) is 3.03. The fourth-order valence-electron chi connectivity index (χ4n) is 2.38.